The van der Waals surface area contributed by atoms with Crippen molar-refractivity contribution in [2.45, 2.75) is 33.1 Å². The second-order valence-electron chi connectivity index (χ2n) is 7.87. The van der Waals surface area contributed by atoms with Gasteiger partial charge in [0.15, 0.2) is 0 Å². The van der Waals surface area contributed by atoms with Gasteiger partial charge in [-0.25, -0.2) is 0 Å². The maximum absolute atomic E-state index is 12.4. The van der Waals surface area contributed by atoms with Gasteiger partial charge in [-0.05, 0) is 56.8 Å². The van der Waals surface area contributed by atoms with Crippen LogP contribution in [-0.4, -0.2) is 67.4 Å². The number of hydrogen-bond acceptors (Lipinski definition) is 4. The van der Waals surface area contributed by atoms with Gasteiger partial charge in [-0.1, -0.05) is 18.2 Å². The van der Waals surface area contributed by atoms with Gasteiger partial charge >= 0.3 is 0 Å². The van der Waals surface area contributed by atoms with Gasteiger partial charge in [-0.15, -0.1) is 0 Å². The SMILES string of the molecule is Cc1cccc(C)c1NC(=O)CN1CCN(C(=O)CCC2CCNC2)CC1. The van der Waals surface area contributed by atoms with Crippen LogP contribution in [0, 0.1) is 19.8 Å². The summed E-state index contributed by atoms with van der Waals surface area (Å²) in [7, 11) is 0. The van der Waals surface area contributed by atoms with Crippen LogP contribution in [0.2, 0.25) is 0 Å². The number of nitrogens with zero attached hydrogens (tertiary/aromatic N) is 2. The molecule has 0 spiro atoms. The number of carbonyl (C=O) groups excluding carboxylic acids is 2. The molecular weight excluding hydrogens is 340 g/mol. The zero-order chi connectivity index (χ0) is 19.2. The summed E-state index contributed by atoms with van der Waals surface area (Å²) >= 11 is 0. The predicted octanol–water partition coefficient (Wildman–Crippen LogP) is 1.78. The van der Waals surface area contributed by atoms with Gasteiger partial charge in [0, 0.05) is 38.3 Å². The van der Waals surface area contributed by atoms with Gasteiger partial charge in [0.25, 0.3) is 0 Å². The molecule has 3 rings (SSSR count). The van der Waals surface area contributed by atoms with Crippen molar-refractivity contribution in [2.75, 3.05) is 51.1 Å². The van der Waals surface area contributed by atoms with Gasteiger partial charge in [0.1, 0.15) is 0 Å². The van der Waals surface area contributed by atoms with Crippen molar-refractivity contribution in [3.63, 3.8) is 0 Å². The molecule has 2 fully saturated rings. The Bertz CT molecular complexity index is 642. The molecule has 1 aromatic carbocycles. The summed E-state index contributed by atoms with van der Waals surface area (Å²) in [6.45, 7) is 9.50. The zero-order valence-corrected chi connectivity index (χ0v) is 16.6. The number of nitrogens with one attached hydrogen (secondary N) is 2. The van der Waals surface area contributed by atoms with Gasteiger partial charge in [-0.2, -0.15) is 0 Å². The molecule has 148 valence electrons. The molecular formula is C21H32N4O2. The molecule has 1 atom stereocenters. The molecule has 2 heterocycles. The maximum Gasteiger partial charge on any atom is 0.238 e. The van der Waals surface area contributed by atoms with Crippen LogP contribution in [0.25, 0.3) is 0 Å². The normalized spacial score (nSPS) is 20.7. The highest BCUT2D eigenvalue weighted by Gasteiger charge is 2.24. The van der Waals surface area contributed by atoms with E-state index in [0.717, 1.165) is 62.5 Å². The van der Waals surface area contributed by atoms with Crippen LogP contribution in [0.15, 0.2) is 18.2 Å². The summed E-state index contributed by atoms with van der Waals surface area (Å²) in [4.78, 5) is 28.9. The number of hydrogen-bond donors (Lipinski definition) is 2. The first kappa shape index (κ1) is 19.8. The summed E-state index contributed by atoms with van der Waals surface area (Å²) in [5.41, 5.74) is 3.07. The van der Waals surface area contributed by atoms with Gasteiger partial charge in [0.2, 0.25) is 11.8 Å². The fraction of sp³-hybridized carbons (Fsp3) is 0.619. The van der Waals surface area contributed by atoms with Crippen LogP contribution in [0.5, 0.6) is 0 Å². The third-order valence-electron chi connectivity index (χ3n) is 5.77. The predicted molar refractivity (Wildman–Crippen MR) is 108 cm³/mol. The fourth-order valence-corrected chi connectivity index (χ4v) is 4.00. The van der Waals surface area contributed by atoms with Crippen LogP contribution in [-0.2, 0) is 9.59 Å². The van der Waals surface area contributed by atoms with Crippen molar-refractivity contribution in [2.24, 2.45) is 5.92 Å². The zero-order valence-electron chi connectivity index (χ0n) is 16.6. The minimum atomic E-state index is 0.0147. The molecule has 6 nitrogen and oxygen atoms in total. The summed E-state index contributed by atoms with van der Waals surface area (Å²) in [6, 6.07) is 6.02. The van der Waals surface area contributed by atoms with Crippen molar-refractivity contribution in [1.29, 1.82) is 0 Å². The van der Waals surface area contributed by atoms with E-state index in [1.54, 1.807) is 0 Å². The number of aryl methyl sites for hydroxylation is 2. The third-order valence-corrected chi connectivity index (χ3v) is 5.77. The molecule has 1 aromatic rings. The van der Waals surface area contributed by atoms with Crippen molar-refractivity contribution >= 4 is 17.5 Å². The van der Waals surface area contributed by atoms with Crippen molar-refractivity contribution < 1.29 is 9.59 Å². The van der Waals surface area contributed by atoms with Crippen LogP contribution in [0.1, 0.15) is 30.4 Å². The lowest BCUT2D eigenvalue weighted by Crippen LogP contribution is -2.50. The topological polar surface area (TPSA) is 64.7 Å². The first-order chi connectivity index (χ1) is 13.0. The summed E-state index contributed by atoms with van der Waals surface area (Å²) in [6.07, 6.45) is 2.83. The Morgan fingerprint density at radius 3 is 2.48 bits per heavy atom. The lowest BCUT2D eigenvalue weighted by Gasteiger charge is -2.34. The second kappa shape index (κ2) is 9.33. The van der Waals surface area contributed by atoms with E-state index in [1.807, 2.05) is 36.9 Å². The van der Waals surface area contributed by atoms with Gasteiger partial charge < -0.3 is 15.5 Å². The number of anilines is 1. The van der Waals surface area contributed by atoms with E-state index in [-0.39, 0.29) is 11.8 Å². The largest absolute Gasteiger partial charge is 0.340 e. The molecule has 0 aliphatic carbocycles. The average molecular weight is 373 g/mol. The molecule has 6 heteroatoms. The fourth-order valence-electron chi connectivity index (χ4n) is 4.00. The van der Waals surface area contributed by atoms with E-state index in [9.17, 15) is 9.59 Å². The van der Waals surface area contributed by atoms with Crippen LogP contribution in [0.4, 0.5) is 5.69 Å². The number of piperazine rings is 1. The Morgan fingerprint density at radius 1 is 1.15 bits per heavy atom. The number of para-hydroxylation sites is 1. The summed E-state index contributed by atoms with van der Waals surface area (Å²) in [5, 5.41) is 6.40. The standard InChI is InChI=1S/C21H32N4O2/c1-16-4-3-5-17(2)21(16)23-19(26)15-24-10-12-25(13-11-24)20(27)7-6-18-8-9-22-14-18/h3-5,18,22H,6-15H2,1-2H3,(H,23,26). The van der Waals surface area contributed by atoms with Crippen molar-refractivity contribution in [3.8, 4) is 0 Å². The summed E-state index contributed by atoms with van der Waals surface area (Å²) < 4.78 is 0. The monoisotopic (exact) mass is 372 g/mol. The smallest absolute Gasteiger partial charge is 0.238 e. The first-order valence-electron chi connectivity index (χ1n) is 10.1. The van der Waals surface area contributed by atoms with Crippen molar-refractivity contribution in [1.82, 2.24) is 15.1 Å². The Morgan fingerprint density at radius 2 is 1.85 bits per heavy atom. The molecule has 1 unspecified atom stereocenters. The van der Waals surface area contributed by atoms with E-state index in [1.165, 1.54) is 6.42 Å². The van der Waals surface area contributed by atoms with E-state index < -0.39 is 0 Å². The maximum atomic E-state index is 12.4. The lowest BCUT2D eigenvalue weighted by atomic mass is 10.0. The quantitative estimate of drug-likeness (QED) is 0.799. The van der Waals surface area contributed by atoms with E-state index >= 15 is 0 Å². The molecule has 0 saturated carbocycles. The van der Waals surface area contributed by atoms with E-state index in [2.05, 4.69) is 15.5 Å². The van der Waals surface area contributed by atoms with Crippen molar-refractivity contribution in [3.05, 3.63) is 29.3 Å². The Kier molecular flexibility index (Phi) is 6.85. The van der Waals surface area contributed by atoms with Crippen LogP contribution in [0.3, 0.4) is 0 Å². The molecule has 2 aliphatic heterocycles. The van der Waals surface area contributed by atoms with Crippen LogP contribution < -0.4 is 10.6 Å². The second-order valence-corrected chi connectivity index (χ2v) is 7.87. The number of carbonyl (C=O) groups is 2. The number of rotatable bonds is 6. The molecule has 2 N–H and O–H groups in total. The van der Waals surface area contributed by atoms with E-state index in [0.29, 0.717) is 18.9 Å². The van der Waals surface area contributed by atoms with Crippen LogP contribution >= 0.6 is 0 Å². The highest BCUT2D eigenvalue weighted by molar-refractivity contribution is 5.93. The van der Waals surface area contributed by atoms with Gasteiger partial charge in [0.05, 0.1) is 6.54 Å². The third kappa shape index (κ3) is 5.53. The first-order valence-corrected chi connectivity index (χ1v) is 10.1. The molecule has 0 aromatic heterocycles. The molecule has 2 aliphatic rings. The Labute approximate surface area is 162 Å². The van der Waals surface area contributed by atoms with Gasteiger partial charge in [-0.3, -0.25) is 14.5 Å². The number of amides is 2. The average Bonchev–Trinajstić information content (AvgIpc) is 3.17. The molecule has 0 bridgehead atoms. The highest BCUT2D eigenvalue weighted by atomic mass is 16.2. The highest BCUT2D eigenvalue weighted by Crippen LogP contribution is 2.19. The summed E-state index contributed by atoms with van der Waals surface area (Å²) in [5.74, 6) is 0.936. The molecule has 0 radical (unpaired) electrons. The van der Waals surface area contributed by atoms with E-state index in [4.69, 9.17) is 0 Å². The molecule has 2 amide bonds. The minimum absolute atomic E-state index is 0.0147. The Balaban J connectivity index is 1.39. The molecule has 2 saturated heterocycles. The lowest BCUT2D eigenvalue weighted by molar-refractivity contribution is -0.133. The minimum Gasteiger partial charge on any atom is -0.340 e. The number of benzene rings is 1. The molecule has 27 heavy (non-hydrogen) atoms. The Hall–Kier alpha value is -1.92.